The largest absolute Gasteiger partial charge is 0.462 e. The lowest BCUT2D eigenvalue weighted by atomic mass is 10.2. The minimum atomic E-state index is -0.488. The number of esters is 1. The molecule has 0 unspecified atom stereocenters. The van der Waals surface area contributed by atoms with Gasteiger partial charge in [-0.15, -0.1) is 0 Å². The van der Waals surface area contributed by atoms with E-state index in [0.29, 0.717) is 32.6 Å². The van der Waals surface area contributed by atoms with Crippen molar-refractivity contribution in [2.45, 2.75) is 20.4 Å². The van der Waals surface area contributed by atoms with E-state index in [-0.39, 0.29) is 24.9 Å². The smallest absolute Gasteiger partial charge is 0.350 e. The summed E-state index contributed by atoms with van der Waals surface area (Å²) in [5.41, 5.74) is 1.51. The van der Waals surface area contributed by atoms with Crippen LogP contribution in [0.5, 0.6) is 0 Å². The Morgan fingerprint density at radius 3 is 2.61 bits per heavy atom. The van der Waals surface area contributed by atoms with Crippen LogP contribution < -0.4 is 4.90 Å². The zero-order valence-corrected chi connectivity index (χ0v) is 18.8. The fraction of sp³-hybridized carbons (Fsp3) is 0.174. The van der Waals surface area contributed by atoms with Crippen LogP contribution in [-0.4, -0.2) is 38.2 Å². The fourth-order valence-corrected chi connectivity index (χ4v) is 4.05. The van der Waals surface area contributed by atoms with Crippen molar-refractivity contribution in [3.63, 3.8) is 0 Å². The van der Waals surface area contributed by atoms with Crippen molar-refractivity contribution in [2.75, 3.05) is 11.5 Å². The molecular weight excluding hydrogens is 445 g/mol. The Morgan fingerprint density at radius 2 is 1.97 bits per heavy atom. The number of hydrogen-bond donors (Lipinski definition) is 0. The molecule has 168 valence electrons. The number of ether oxygens (including phenoxy) is 1. The highest BCUT2D eigenvalue weighted by Gasteiger charge is 2.25. The van der Waals surface area contributed by atoms with Gasteiger partial charge in [0.15, 0.2) is 10.9 Å². The Bertz CT molecular complexity index is 1250. The van der Waals surface area contributed by atoms with Crippen molar-refractivity contribution < 1.29 is 18.7 Å². The van der Waals surface area contributed by atoms with E-state index in [9.17, 15) is 14.0 Å². The van der Waals surface area contributed by atoms with Gasteiger partial charge in [0.2, 0.25) is 0 Å². The first kappa shape index (κ1) is 22.3. The van der Waals surface area contributed by atoms with Crippen LogP contribution in [0.1, 0.15) is 38.2 Å². The molecule has 0 fully saturated rings. The summed E-state index contributed by atoms with van der Waals surface area (Å²) in [5.74, 6) is -0.651. The molecule has 0 aliphatic rings. The summed E-state index contributed by atoms with van der Waals surface area (Å²) in [6.45, 7) is 3.78. The van der Waals surface area contributed by atoms with Gasteiger partial charge in [0, 0.05) is 18.6 Å². The van der Waals surface area contributed by atoms with E-state index in [1.807, 2.05) is 0 Å². The summed E-state index contributed by atoms with van der Waals surface area (Å²) in [5, 5.41) is 4.46. The van der Waals surface area contributed by atoms with E-state index in [4.69, 9.17) is 4.74 Å². The van der Waals surface area contributed by atoms with E-state index in [1.165, 1.54) is 23.2 Å². The van der Waals surface area contributed by atoms with Crippen molar-refractivity contribution in [1.29, 1.82) is 0 Å². The molecule has 4 aromatic rings. The molecule has 0 radical (unpaired) electrons. The molecule has 3 heterocycles. The number of aromatic nitrogens is 4. The van der Waals surface area contributed by atoms with Crippen molar-refractivity contribution in [2.24, 2.45) is 0 Å². The minimum absolute atomic E-state index is 0.134. The molecule has 0 atom stereocenters. The van der Waals surface area contributed by atoms with Crippen molar-refractivity contribution >= 4 is 28.3 Å². The maximum Gasteiger partial charge on any atom is 0.350 e. The highest BCUT2D eigenvalue weighted by Crippen LogP contribution is 2.29. The van der Waals surface area contributed by atoms with Gasteiger partial charge in [-0.05, 0) is 49.7 Å². The van der Waals surface area contributed by atoms with Crippen LogP contribution in [-0.2, 0) is 11.3 Å². The van der Waals surface area contributed by atoms with Crippen LogP contribution in [0.4, 0.5) is 9.52 Å². The summed E-state index contributed by atoms with van der Waals surface area (Å²) in [6, 6.07) is 11.0. The van der Waals surface area contributed by atoms with Crippen molar-refractivity contribution in [3.8, 4) is 5.82 Å². The maximum atomic E-state index is 13.5. The number of nitrogens with zero attached hydrogens (tertiary/aromatic N) is 5. The van der Waals surface area contributed by atoms with Gasteiger partial charge < -0.3 is 4.74 Å². The van der Waals surface area contributed by atoms with Gasteiger partial charge in [0.25, 0.3) is 5.91 Å². The lowest BCUT2D eigenvalue weighted by Gasteiger charge is -2.20. The summed E-state index contributed by atoms with van der Waals surface area (Å²) in [4.78, 5) is 36.3. The molecule has 0 bridgehead atoms. The van der Waals surface area contributed by atoms with E-state index in [1.54, 1.807) is 61.3 Å². The summed E-state index contributed by atoms with van der Waals surface area (Å²) in [6.07, 6.45) is 4.85. The van der Waals surface area contributed by atoms with Crippen molar-refractivity contribution in [3.05, 3.63) is 88.6 Å². The monoisotopic (exact) mass is 465 g/mol. The lowest BCUT2D eigenvalue weighted by Crippen LogP contribution is -2.30. The van der Waals surface area contributed by atoms with E-state index >= 15 is 0 Å². The van der Waals surface area contributed by atoms with Crippen LogP contribution >= 0.6 is 11.3 Å². The number of hydrogen-bond acceptors (Lipinski definition) is 7. The number of carbonyl (C=O) groups is 2. The van der Waals surface area contributed by atoms with E-state index in [0.717, 1.165) is 11.3 Å². The molecule has 0 aliphatic carbocycles. The zero-order chi connectivity index (χ0) is 23.4. The maximum absolute atomic E-state index is 13.5. The van der Waals surface area contributed by atoms with Gasteiger partial charge in [-0.2, -0.15) is 5.10 Å². The topological polar surface area (TPSA) is 90.2 Å². The molecular formula is C23H20FN5O3S. The van der Waals surface area contributed by atoms with Crippen LogP contribution in [0, 0.1) is 12.7 Å². The molecule has 10 heteroatoms. The van der Waals surface area contributed by atoms with Gasteiger partial charge in [0.05, 0.1) is 24.4 Å². The minimum Gasteiger partial charge on any atom is -0.462 e. The molecule has 8 nitrogen and oxygen atoms in total. The standard InChI is InChI=1S/C23H20FN5O3S/c1-3-32-22(31)20-15(2)27-23(33-20)28(14-16-5-8-18(24)9-6-16)21(30)17-7-10-19(25-13-17)29-12-4-11-26-29/h4-13H,3,14H2,1-2H3. The first-order chi connectivity index (χ1) is 16.0. The second kappa shape index (κ2) is 9.70. The van der Waals surface area contributed by atoms with Gasteiger partial charge in [-0.3, -0.25) is 9.69 Å². The Hall–Kier alpha value is -3.92. The molecule has 0 N–H and O–H groups in total. The number of amides is 1. The molecule has 0 aliphatic heterocycles. The average molecular weight is 466 g/mol. The van der Waals surface area contributed by atoms with Crippen LogP contribution in [0.25, 0.3) is 5.82 Å². The number of anilines is 1. The predicted octanol–water partition coefficient (Wildman–Crippen LogP) is 4.20. The molecule has 0 saturated carbocycles. The molecule has 1 amide bonds. The van der Waals surface area contributed by atoms with Gasteiger partial charge in [-0.25, -0.2) is 23.8 Å². The molecule has 1 aromatic carbocycles. The molecule has 0 spiro atoms. The van der Waals surface area contributed by atoms with Crippen LogP contribution in [0.15, 0.2) is 61.1 Å². The van der Waals surface area contributed by atoms with Gasteiger partial charge in [0.1, 0.15) is 10.7 Å². The summed E-state index contributed by atoms with van der Waals surface area (Å²) >= 11 is 1.07. The Morgan fingerprint density at radius 1 is 1.18 bits per heavy atom. The second-order valence-corrected chi connectivity index (χ2v) is 7.98. The number of rotatable bonds is 7. The SMILES string of the molecule is CCOC(=O)c1sc(N(Cc2ccc(F)cc2)C(=O)c2ccc(-n3cccn3)nc2)nc1C. The number of aryl methyl sites for hydroxylation is 1. The van der Waals surface area contributed by atoms with Gasteiger partial charge >= 0.3 is 5.97 Å². The van der Waals surface area contributed by atoms with Crippen LogP contribution in [0.2, 0.25) is 0 Å². The predicted molar refractivity (Wildman–Crippen MR) is 121 cm³/mol. The second-order valence-electron chi connectivity index (χ2n) is 7.00. The number of carbonyl (C=O) groups excluding carboxylic acids is 2. The third kappa shape index (κ3) is 4.96. The number of benzene rings is 1. The Balaban J connectivity index is 1.68. The quantitative estimate of drug-likeness (QED) is 0.380. The molecule has 33 heavy (non-hydrogen) atoms. The zero-order valence-electron chi connectivity index (χ0n) is 17.9. The van der Waals surface area contributed by atoms with E-state index in [2.05, 4.69) is 15.1 Å². The molecule has 4 rings (SSSR count). The first-order valence-electron chi connectivity index (χ1n) is 10.1. The lowest BCUT2D eigenvalue weighted by molar-refractivity contribution is 0.0531. The fourth-order valence-electron chi connectivity index (χ4n) is 3.09. The molecule has 0 saturated heterocycles. The van der Waals surface area contributed by atoms with Crippen LogP contribution in [0.3, 0.4) is 0 Å². The number of pyridine rings is 1. The summed E-state index contributed by atoms with van der Waals surface area (Å²) < 4.78 is 20.1. The summed E-state index contributed by atoms with van der Waals surface area (Å²) in [7, 11) is 0. The average Bonchev–Trinajstić information content (AvgIpc) is 3.49. The highest BCUT2D eigenvalue weighted by atomic mass is 32.1. The molecule has 3 aromatic heterocycles. The number of halogens is 1. The number of thiazole rings is 1. The normalized spacial score (nSPS) is 10.8. The van der Waals surface area contributed by atoms with Crippen molar-refractivity contribution in [1.82, 2.24) is 19.7 Å². The Labute approximate surface area is 193 Å². The third-order valence-corrected chi connectivity index (χ3v) is 5.87. The van der Waals surface area contributed by atoms with Gasteiger partial charge in [-0.1, -0.05) is 23.5 Å². The Kier molecular flexibility index (Phi) is 6.55. The van der Waals surface area contributed by atoms with E-state index < -0.39 is 5.97 Å². The highest BCUT2D eigenvalue weighted by molar-refractivity contribution is 7.17. The third-order valence-electron chi connectivity index (χ3n) is 4.71. The first-order valence-corrected chi connectivity index (χ1v) is 10.9.